The summed E-state index contributed by atoms with van der Waals surface area (Å²) in [5.74, 6) is 0.00328. The summed E-state index contributed by atoms with van der Waals surface area (Å²) in [5, 5.41) is 4.90. The van der Waals surface area contributed by atoms with Gasteiger partial charge >= 0.3 is 6.03 Å². The molecule has 27 heavy (non-hydrogen) atoms. The van der Waals surface area contributed by atoms with E-state index in [2.05, 4.69) is 10.2 Å². The fraction of sp³-hybridized carbons (Fsp3) is 0.632. The number of hydrogen-bond donors (Lipinski definition) is 1. The van der Waals surface area contributed by atoms with Crippen molar-refractivity contribution < 1.29 is 14.4 Å². The second kappa shape index (κ2) is 7.59. The van der Waals surface area contributed by atoms with Gasteiger partial charge in [-0.15, -0.1) is 11.3 Å². The van der Waals surface area contributed by atoms with E-state index >= 15 is 0 Å². The molecule has 3 aliphatic rings. The fourth-order valence-electron chi connectivity index (χ4n) is 4.32. The lowest BCUT2D eigenvalue weighted by Gasteiger charge is -2.36. The number of imide groups is 1. The van der Waals surface area contributed by atoms with Crippen LogP contribution >= 0.6 is 11.3 Å². The largest absolute Gasteiger partial charge is 0.335 e. The number of amides is 4. The van der Waals surface area contributed by atoms with E-state index in [1.807, 2.05) is 22.4 Å². The Morgan fingerprint density at radius 1 is 1.07 bits per heavy atom. The summed E-state index contributed by atoms with van der Waals surface area (Å²) < 4.78 is 0. The van der Waals surface area contributed by atoms with Gasteiger partial charge in [0.2, 0.25) is 0 Å². The van der Waals surface area contributed by atoms with Gasteiger partial charge in [-0.05, 0) is 24.3 Å². The lowest BCUT2D eigenvalue weighted by molar-refractivity contribution is -0.133. The van der Waals surface area contributed by atoms with Gasteiger partial charge in [-0.25, -0.2) is 9.69 Å². The summed E-state index contributed by atoms with van der Waals surface area (Å²) in [4.78, 5) is 44.0. The Morgan fingerprint density at radius 3 is 2.41 bits per heavy atom. The first-order valence-corrected chi connectivity index (χ1v) is 10.7. The number of piperazine rings is 1. The maximum Gasteiger partial charge on any atom is 0.326 e. The van der Waals surface area contributed by atoms with Crippen LogP contribution in [0.5, 0.6) is 0 Å². The molecule has 3 fully saturated rings. The van der Waals surface area contributed by atoms with Crippen LogP contribution in [-0.4, -0.2) is 70.9 Å². The van der Waals surface area contributed by atoms with Crippen LogP contribution in [0, 0.1) is 0 Å². The van der Waals surface area contributed by atoms with Crippen molar-refractivity contribution in [2.45, 2.75) is 44.1 Å². The molecule has 0 radical (unpaired) electrons. The molecule has 0 aromatic carbocycles. The quantitative estimate of drug-likeness (QED) is 0.803. The maximum atomic E-state index is 13.0. The van der Waals surface area contributed by atoms with E-state index in [0.717, 1.165) is 43.4 Å². The predicted octanol–water partition coefficient (Wildman–Crippen LogP) is 2.11. The summed E-state index contributed by atoms with van der Waals surface area (Å²) >= 11 is 1.46. The van der Waals surface area contributed by atoms with Gasteiger partial charge in [0, 0.05) is 26.2 Å². The Balaban J connectivity index is 1.34. The molecule has 3 heterocycles. The zero-order valence-electron chi connectivity index (χ0n) is 15.5. The van der Waals surface area contributed by atoms with Crippen molar-refractivity contribution in [3.63, 3.8) is 0 Å². The molecule has 8 heteroatoms. The number of hydrogen-bond acceptors (Lipinski definition) is 5. The van der Waals surface area contributed by atoms with Crippen LogP contribution in [0.1, 0.15) is 48.2 Å². The number of carbonyl (C=O) groups excluding carboxylic acids is 3. The Bertz CT molecular complexity index is 705. The summed E-state index contributed by atoms with van der Waals surface area (Å²) in [5.41, 5.74) is -0.676. The highest BCUT2D eigenvalue weighted by Gasteiger charge is 2.51. The molecule has 1 spiro atoms. The van der Waals surface area contributed by atoms with Gasteiger partial charge < -0.3 is 10.2 Å². The molecule has 1 aromatic heterocycles. The molecule has 0 bridgehead atoms. The molecule has 2 saturated heterocycles. The molecular weight excluding hydrogens is 364 g/mol. The average molecular weight is 391 g/mol. The zero-order valence-corrected chi connectivity index (χ0v) is 16.3. The van der Waals surface area contributed by atoms with Crippen molar-refractivity contribution >= 4 is 29.2 Å². The third-order valence-corrected chi connectivity index (χ3v) is 6.79. The minimum Gasteiger partial charge on any atom is -0.335 e. The standard InChI is InChI=1S/C19H26N4O3S/c24-16(15-6-5-13-27-15)22-11-9-21(10-12-22)14-23-17(25)19(20-18(23)26)7-3-1-2-4-8-19/h5-6,13H,1-4,7-12,14H2,(H,20,26). The molecule has 7 nitrogen and oxygen atoms in total. The lowest BCUT2D eigenvalue weighted by atomic mass is 9.90. The molecule has 4 amide bonds. The molecule has 146 valence electrons. The van der Waals surface area contributed by atoms with E-state index in [4.69, 9.17) is 0 Å². The summed E-state index contributed by atoms with van der Waals surface area (Å²) in [6.07, 6.45) is 5.73. The third kappa shape index (κ3) is 3.60. The zero-order chi connectivity index (χ0) is 18.9. The molecule has 0 unspecified atom stereocenters. The molecule has 2 aliphatic heterocycles. The highest BCUT2D eigenvalue weighted by Crippen LogP contribution is 2.32. The van der Waals surface area contributed by atoms with E-state index in [1.54, 1.807) is 0 Å². The normalized spacial score (nSPS) is 23.6. The molecule has 1 saturated carbocycles. The van der Waals surface area contributed by atoms with E-state index < -0.39 is 5.54 Å². The fourth-order valence-corrected chi connectivity index (χ4v) is 5.01. The molecule has 1 aromatic rings. The Labute approximate surface area is 163 Å². The van der Waals surface area contributed by atoms with Gasteiger partial charge in [-0.3, -0.25) is 14.5 Å². The summed E-state index contributed by atoms with van der Waals surface area (Å²) in [7, 11) is 0. The smallest absolute Gasteiger partial charge is 0.326 e. The Kier molecular flexibility index (Phi) is 5.19. The van der Waals surface area contributed by atoms with E-state index in [9.17, 15) is 14.4 Å². The number of nitrogens with zero attached hydrogens (tertiary/aromatic N) is 3. The summed E-state index contributed by atoms with van der Waals surface area (Å²) in [6, 6.07) is 3.47. The van der Waals surface area contributed by atoms with E-state index in [1.165, 1.54) is 16.2 Å². The van der Waals surface area contributed by atoms with Crippen LogP contribution in [0.2, 0.25) is 0 Å². The minimum absolute atomic E-state index is 0.0634. The highest BCUT2D eigenvalue weighted by atomic mass is 32.1. The first kappa shape index (κ1) is 18.4. The molecule has 4 rings (SSSR count). The number of nitrogens with one attached hydrogen (secondary N) is 1. The van der Waals surface area contributed by atoms with Crippen molar-refractivity contribution in [1.29, 1.82) is 0 Å². The van der Waals surface area contributed by atoms with E-state index in [-0.39, 0.29) is 17.8 Å². The van der Waals surface area contributed by atoms with Crippen LogP contribution < -0.4 is 5.32 Å². The summed E-state index contributed by atoms with van der Waals surface area (Å²) in [6.45, 7) is 2.88. The molecular formula is C19H26N4O3S. The topological polar surface area (TPSA) is 73.0 Å². The van der Waals surface area contributed by atoms with Gasteiger partial charge in [0.25, 0.3) is 11.8 Å². The van der Waals surface area contributed by atoms with Crippen molar-refractivity contribution in [1.82, 2.24) is 20.0 Å². The first-order valence-electron chi connectivity index (χ1n) is 9.78. The molecule has 0 atom stereocenters. The van der Waals surface area contributed by atoms with Crippen molar-refractivity contribution in [3.05, 3.63) is 22.4 Å². The highest BCUT2D eigenvalue weighted by molar-refractivity contribution is 7.12. The van der Waals surface area contributed by atoms with Crippen molar-refractivity contribution in [2.75, 3.05) is 32.8 Å². The van der Waals surface area contributed by atoms with Gasteiger partial charge in [-0.2, -0.15) is 0 Å². The third-order valence-electron chi connectivity index (χ3n) is 5.94. The lowest BCUT2D eigenvalue weighted by Crippen LogP contribution is -2.53. The van der Waals surface area contributed by atoms with Gasteiger partial charge in [0.15, 0.2) is 0 Å². The predicted molar refractivity (Wildman–Crippen MR) is 102 cm³/mol. The van der Waals surface area contributed by atoms with E-state index in [0.29, 0.717) is 32.8 Å². The molecule has 1 N–H and O–H groups in total. The van der Waals surface area contributed by atoms with Gasteiger partial charge in [0.05, 0.1) is 11.5 Å². The first-order chi connectivity index (χ1) is 13.1. The minimum atomic E-state index is -0.676. The van der Waals surface area contributed by atoms with Crippen LogP contribution in [-0.2, 0) is 4.79 Å². The number of thiophene rings is 1. The second-order valence-corrected chi connectivity index (χ2v) is 8.64. The van der Waals surface area contributed by atoms with Crippen molar-refractivity contribution in [3.8, 4) is 0 Å². The van der Waals surface area contributed by atoms with Crippen LogP contribution in [0.15, 0.2) is 17.5 Å². The number of urea groups is 1. The Hall–Kier alpha value is -1.93. The van der Waals surface area contributed by atoms with Gasteiger partial charge in [-0.1, -0.05) is 31.7 Å². The SMILES string of the molecule is O=C(c1cccs1)N1CCN(CN2C(=O)NC3(CCCCCC3)C2=O)CC1. The monoisotopic (exact) mass is 390 g/mol. The molecule has 1 aliphatic carbocycles. The Morgan fingerprint density at radius 2 is 1.78 bits per heavy atom. The van der Waals surface area contributed by atoms with Crippen LogP contribution in [0.3, 0.4) is 0 Å². The maximum absolute atomic E-state index is 13.0. The van der Waals surface area contributed by atoms with Crippen LogP contribution in [0.4, 0.5) is 4.79 Å². The number of rotatable bonds is 3. The number of carbonyl (C=O) groups is 3. The van der Waals surface area contributed by atoms with Gasteiger partial charge in [0.1, 0.15) is 5.54 Å². The van der Waals surface area contributed by atoms with Crippen LogP contribution in [0.25, 0.3) is 0 Å². The average Bonchev–Trinajstić information content (AvgIpc) is 3.20. The van der Waals surface area contributed by atoms with Crippen molar-refractivity contribution in [2.24, 2.45) is 0 Å². The second-order valence-electron chi connectivity index (χ2n) is 7.69.